The summed E-state index contributed by atoms with van der Waals surface area (Å²) in [6, 6.07) is 25.9. The Morgan fingerprint density at radius 3 is 2.39 bits per heavy atom. The summed E-state index contributed by atoms with van der Waals surface area (Å²) in [6.45, 7) is 0.611. The first kappa shape index (κ1) is 24.1. The van der Waals surface area contributed by atoms with Crippen LogP contribution in [0.1, 0.15) is 11.1 Å². The van der Waals surface area contributed by atoms with Gasteiger partial charge in [0, 0.05) is 24.4 Å². The molecular formula is C26H20N4O3S3. The number of aromatic nitrogens is 3. The Bertz CT molecular complexity index is 1660. The van der Waals surface area contributed by atoms with Crippen molar-refractivity contribution in [2.45, 2.75) is 23.9 Å². The number of hydrogen-bond donors (Lipinski definition) is 0. The number of nitro benzene ring substituents is 1. The predicted octanol–water partition coefficient (Wildman–Crippen LogP) is 6.42. The summed E-state index contributed by atoms with van der Waals surface area (Å²) in [5, 5.41) is 11.7. The lowest BCUT2D eigenvalue weighted by atomic mass is 10.1. The number of hydrogen-bond acceptors (Lipinski definition) is 7. The number of aryl methyl sites for hydroxylation is 2. The van der Waals surface area contributed by atoms with E-state index in [1.165, 1.54) is 34.7 Å². The van der Waals surface area contributed by atoms with Gasteiger partial charge in [-0.05, 0) is 41.9 Å². The van der Waals surface area contributed by atoms with Gasteiger partial charge >= 0.3 is 0 Å². The molecular weight excluding hydrogens is 513 g/mol. The van der Waals surface area contributed by atoms with Crippen molar-refractivity contribution in [3.63, 3.8) is 0 Å². The highest BCUT2D eigenvalue weighted by molar-refractivity contribution is 7.98. The van der Waals surface area contributed by atoms with Crippen molar-refractivity contribution >= 4 is 51.4 Å². The number of benzene rings is 3. The second kappa shape index (κ2) is 10.6. The molecule has 0 saturated heterocycles. The summed E-state index contributed by atoms with van der Waals surface area (Å²) in [4.78, 5) is 29.4. The van der Waals surface area contributed by atoms with Crippen LogP contribution in [0.15, 0.2) is 94.9 Å². The summed E-state index contributed by atoms with van der Waals surface area (Å²) < 4.78 is 4.63. The Labute approximate surface area is 219 Å². The van der Waals surface area contributed by atoms with Crippen molar-refractivity contribution in [3.05, 3.63) is 120 Å². The normalized spacial score (nSPS) is 11.1. The van der Waals surface area contributed by atoms with E-state index in [0.29, 0.717) is 37.4 Å². The van der Waals surface area contributed by atoms with Crippen LogP contribution in [-0.4, -0.2) is 19.0 Å². The molecule has 0 aliphatic rings. The number of thiazole rings is 1. The van der Waals surface area contributed by atoms with Gasteiger partial charge in [0.1, 0.15) is 4.70 Å². The van der Waals surface area contributed by atoms with Gasteiger partial charge in [-0.3, -0.25) is 19.5 Å². The summed E-state index contributed by atoms with van der Waals surface area (Å²) in [5.74, 6) is 0.418. The first-order chi connectivity index (χ1) is 17.5. The molecule has 0 fully saturated rings. The molecule has 3 aromatic carbocycles. The van der Waals surface area contributed by atoms with Crippen molar-refractivity contribution in [2.24, 2.45) is 0 Å². The maximum absolute atomic E-state index is 13.7. The van der Waals surface area contributed by atoms with Crippen molar-refractivity contribution in [1.82, 2.24) is 14.1 Å². The zero-order valence-corrected chi connectivity index (χ0v) is 21.4. The molecule has 2 aromatic heterocycles. The van der Waals surface area contributed by atoms with Crippen molar-refractivity contribution in [1.29, 1.82) is 0 Å². The molecule has 0 aliphatic carbocycles. The predicted molar refractivity (Wildman–Crippen MR) is 147 cm³/mol. The van der Waals surface area contributed by atoms with Crippen LogP contribution in [0.4, 0.5) is 5.69 Å². The molecule has 180 valence electrons. The average molecular weight is 533 g/mol. The fourth-order valence-corrected chi connectivity index (χ4v) is 6.13. The van der Waals surface area contributed by atoms with Gasteiger partial charge in [0.2, 0.25) is 0 Å². The fourth-order valence-electron chi connectivity index (χ4n) is 3.87. The van der Waals surface area contributed by atoms with Crippen molar-refractivity contribution in [3.8, 4) is 5.69 Å². The Hall–Kier alpha value is -3.60. The minimum absolute atomic E-state index is 0.0318. The van der Waals surface area contributed by atoms with Crippen LogP contribution in [0, 0.1) is 14.1 Å². The van der Waals surface area contributed by atoms with Gasteiger partial charge in [0.25, 0.3) is 11.2 Å². The maximum Gasteiger partial charge on any atom is 0.278 e. The highest BCUT2D eigenvalue weighted by atomic mass is 32.2. The number of fused-ring (bicyclic) bond motifs is 1. The van der Waals surface area contributed by atoms with E-state index < -0.39 is 4.92 Å². The number of para-hydroxylation sites is 1. The Morgan fingerprint density at radius 2 is 1.67 bits per heavy atom. The zero-order chi connectivity index (χ0) is 25.1. The molecule has 10 heteroatoms. The number of rotatable bonds is 8. The van der Waals surface area contributed by atoms with Gasteiger partial charge in [0.05, 0.1) is 10.6 Å². The quantitative estimate of drug-likeness (QED) is 0.0754. The van der Waals surface area contributed by atoms with Crippen LogP contribution in [-0.2, 0) is 18.7 Å². The number of non-ortho nitro benzene ring substituents is 1. The minimum atomic E-state index is -0.412. The molecule has 5 aromatic rings. The molecule has 36 heavy (non-hydrogen) atoms. The molecule has 0 saturated carbocycles. The maximum atomic E-state index is 13.7. The van der Waals surface area contributed by atoms with E-state index in [4.69, 9.17) is 17.2 Å². The lowest BCUT2D eigenvalue weighted by Crippen LogP contribution is -2.21. The summed E-state index contributed by atoms with van der Waals surface area (Å²) in [7, 11) is 0. The SMILES string of the molecule is O=c1c2sc(=S)n(CCc3ccccc3)c2nc(SCc2cccc([N+](=O)[O-])c2)n1-c1ccccc1. The van der Waals surface area contributed by atoms with E-state index in [1.807, 2.05) is 59.2 Å². The van der Waals surface area contributed by atoms with Gasteiger partial charge in [0.15, 0.2) is 14.8 Å². The highest BCUT2D eigenvalue weighted by Gasteiger charge is 2.18. The molecule has 7 nitrogen and oxygen atoms in total. The van der Waals surface area contributed by atoms with E-state index in [9.17, 15) is 14.9 Å². The van der Waals surface area contributed by atoms with Gasteiger partial charge in [-0.1, -0.05) is 83.8 Å². The van der Waals surface area contributed by atoms with Crippen LogP contribution in [0.25, 0.3) is 16.0 Å². The van der Waals surface area contributed by atoms with Gasteiger partial charge in [-0.2, -0.15) is 0 Å². The first-order valence-corrected chi connectivity index (χ1v) is 13.3. The van der Waals surface area contributed by atoms with Crippen LogP contribution >= 0.6 is 35.3 Å². The second-order valence-electron chi connectivity index (χ2n) is 7.99. The molecule has 0 spiro atoms. The number of thioether (sulfide) groups is 1. The van der Waals surface area contributed by atoms with E-state index in [-0.39, 0.29) is 11.2 Å². The average Bonchev–Trinajstić information content (AvgIpc) is 3.22. The Balaban J connectivity index is 1.58. The molecule has 0 aliphatic heterocycles. The standard InChI is InChI=1S/C26H20N4O3S3/c31-24-22-23(28(26(34)36-22)15-14-18-8-3-1-4-9-18)27-25(29(24)20-11-5-2-6-12-20)35-17-19-10-7-13-21(16-19)30(32)33/h1-13,16H,14-15,17H2. The van der Waals surface area contributed by atoms with Crippen LogP contribution in [0.2, 0.25) is 0 Å². The first-order valence-electron chi connectivity index (χ1n) is 11.1. The minimum Gasteiger partial charge on any atom is -0.307 e. The topological polar surface area (TPSA) is 83.0 Å². The molecule has 0 atom stereocenters. The molecule has 2 heterocycles. The Morgan fingerprint density at radius 1 is 0.972 bits per heavy atom. The molecule has 0 radical (unpaired) electrons. The zero-order valence-electron chi connectivity index (χ0n) is 18.9. The third-order valence-corrected chi connectivity index (χ3v) is 8.07. The number of nitro groups is 1. The summed E-state index contributed by atoms with van der Waals surface area (Å²) >= 11 is 8.27. The molecule has 5 rings (SSSR count). The van der Waals surface area contributed by atoms with Crippen molar-refractivity contribution < 1.29 is 4.92 Å². The smallest absolute Gasteiger partial charge is 0.278 e. The van der Waals surface area contributed by atoms with Crippen LogP contribution in [0.3, 0.4) is 0 Å². The molecule has 0 N–H and O–H groups in total. The van der Waals surface area contributed by atoms with E-state index in [1.54, 1.807) is 16.7 Å². The number of nitrogens with zero attached hydrogens (tertiary/aromatic N) is 4. The van der Waals surface area contributed by atoms with Crippen molar-refractivity contribution in [2.75, 3.05) is 0 Å². The van der Waals surface area contributed by atoms with Gasteiger partial charge < -0.3 is 4.57 Å². The van der Waals surface area contributed by atoms with E-state index in [2.05, 4.69) is 12.1 Å². The third-order valence-electron chi connectivity index (χ3n) is 5.63. The highest BCUT2D eigenvalue weighted by Crippen LogP contribution is 2.28. The molecule has 0 bridgehead atoms. The largest absolute Gasteiger partial charge is 0.307 e. The van der Waals surface area contributed by atoms with Crippen LogP contribution in [0.5, 0.6) is 0 Å². The third kappa shape index (κ3) is 5.01. The summed E-state index contributed by atoms with van der Waals surface area (Å²) in [5.41, 5.74) is 3.07. The van der Waals surface area contributed by atoms with E-state index >= 15 is 0 Å². The molecule has 0 unspecified atom stereocenters. The Kier molecular flexibility index (Phi) is 7.08. The second-order valence-corrected chi connectivity index (χ2v) is 10.6. The lowest BCUT2D eigenvalue weighted by Gasteiger charge is -2.13. The lowest BCUT2D eigenvalue weighted by molar-refractivity contribution is -0.384. The fraction of sp³-hybridized carbons (Fsp3) is 0.115. The van der Waals surface area contributed by atoms with Gasteiger partial charge in [-0.25, -0.2) is 4.98 Å². The van der Waals surface area contributed by atoms with E-state index in [0.717, 1.165) is 12.0 Å². The summed E-state index contributed by atoms with van der Waals surface area (Å²) in [6.07, 6.45) is 0.764. The monoisotopic (exact) mass is 532 g/mol. The van der Waals surface area contributed by atoms with Gasteiger partial charge in [-0.15, -0.1) is 0 Å². The molecule has 0 amide bonds. The van der Waals surface area contributed by atoms with Crippen LogP contribution < -0.4 is 5.56 Å².